The van der Waals surface area contributed by atoms with Gasteiger partial charge < -0.3 is 15.7 Å². The third kappa shape index (κ3) is 4.62. The van der Waals surface area contributed by atoms with E-state index in [2.05, 4.69) is 10.6 Å². The zero-order valence-electron chi connectivity index (χ0n) is 9.42. The maximum absolute atomic E-state index is 12.4. The summed E-state index contributed by atoms with van der Waals surface area (Å²) >= 11 is 0. The predicted molar refractivity (Wildman–Crippen MR) is 60.2 cm³/mol. The zero-order chi connectivity index (χ0) is 13.6. The van der Waals surface area contributed by atoms with Crippen LogP contribution in [0.5, 0.6) is 0 Å². The molecule has 0 spiro atoms. The van der Waals surface area contributed by atoms with Crippen molar-refractivity contribution in [3.63, 3.8) is 0 Å². The molecule has 1 aromatic carbocycles. The van der Waals surface area contributed by atoms with Crippen LogP contribution in [0.15, 0.2) is 24.3 Å². The second-order valence-electron chi connectivity index (χ2n) is 3.54. The Kier molecular flexibility index (Phi) is 4.96. The normalized spacial score (nSPS) is 11.1. The highest BCUT2D eigenvalue weighted by molar-refractivity contribution is 5.89. The maximum atomic E-state index is 12.4. The highest BCUT2D eigenvalue weighted by Crippen LogP contribution is 2.30. The van der Waals surface area contributed by atoms with Gasteiger partial charge in [-0.2, -0.15) is 13.2 Å². The lowest BCUT2D eigenvalue weighted by Gasteiger charge is -2.10. The summed E-state index contributed by atoms with van der Waals surface area (Å²) in [6, 6.07) is 3.75. The monoisotopic (exact) mass is 262 g/mol. The zero-order valence-corrected chi connectivity index (χ0v) is 9.42. The second-order valence-corrected chi connectivity index (χ2v) is 3.54. The largest absolute Gasteiger partial charge is 0.416 e. The van der Waals surface area contributed by atoms with Gasteiger partial charge in [0.15, 0.2) is 0 Å². The van der Waals surface area contributed by atoms with E-state index in [1.807, 2.05) is 0 Å². The van der Waals surface area contributed by atoms with Crippen molar-refractivity contribution in [2.75, 3.05) is 18.5 Å². The molecule has 0 aliphatic carbocycles. The maximum Gasteiger partial charge on any atom is 0.416 e. The molecule has 0 heterocycles. The van der Waals surface area contributed by atoms with Gasteiger partial charge in [0.2, 0.25) is 0 Å². The number of benzene rings is 1. The van der Waals surface area contributed by atoms with Crippen molar-refractivity contribution in [2.24, 2.45) is 0 Å². The summed E-state index contributed by atoms with van der Waals surface area (Å²) < 4.78 is 37.2. The standard InChI is InChI=1S/C11H13F3N2O2/c12-11(13,14)8-3-1-4-9(7-8)16-10(18)15-5-2-6-17/h1,3-4,7,17H,2,5-6H2,(H2,15,16,18). The minimum Gasteiger partial charge on any atom is -0.396 e. The molecule has 0 saturated carbocycles. The van der Waals surface area contributed by atoms with E-state index in [1.54, 1.807) is 0 Å². The molecule has 18 heavy (non-hydrogen) atoms. The first-order valence-corrected chi connectivity index (χ1v) is 5.26. The van der Waals surface area contributed by atoms with Crippen molar-refractivity contribution in [3.8, 4) is 0 Å². The molecule has 0 atom stereocenters. The van der Waals surface area contributed by atoms with Gasteiger partial charge in [0.05, 0.1) is 5.56 Å². The fourth-order valence-electron chi connectivity index (χ4n) is 1.23. The molecule has 0 aromatic heterocycles. The summed E-state index contributed by atoms with van der Waals surface area (Å²) in [5, 5.41) is 13.2. The fraction of sp³-hybridized carbons (Fsp3) is 0.364. The summed E-state index contributed by atoms with van der Waals surface area (Å²) in [5.41, 5.74) is -0.762. The smallest absolute Gasteiger partial charge is 0.396 e. The van der Waals surface area contributed by atoms with E-state index < -0.39 is 17.8 Å². The SMILES string of the molecule is O=C(NCCCO)Nc1cccc(C(F)(F)F)c1. The number of carbonyl (C=O) groups is 1. The lowest BCUT2D eigenvalue weighted by atomic mass is 10.2. The number of aliphatic hydroxyl groups excluding tert-OH is 1. The number of hydrogen-bond donors (Lipinski definition) is 3. The minimum absolute atomic E-state index is 0.0614. The van der Waals surface area contributed by atoms with Gasteiger partial charge in [0, 0.05) is 18.8 Å². The quantitative estimate of drug-likeness (QED) is 0.728. The summed E-state index contributed by atoms with van der Waals surface area (Å²) in [6.45, 7) is 0.186. The van der Waals surface area contributed by atoms with E-state index in [0.717, 1.165) is 12.1 Å². The molecule has 0 radical (unpaired) electrons. The van der Waals surface area contributed by atoms with Crippen molar-refractivity contribution in [2.45, 2.75) is 12.6 Å². The van der Waals surface area contributed by atoms with E-state index in [-0.39, 0.29) is 18.8 Å². The fourth-order valence-corrected chi connectivity index (χ4v) is 1.23. The Hall–Kier alpha value is -1.76. The highest BCUT2D eigenvalue weighted by atomic mass is 19.4. The van der Waals surface area contributed by atoms with E-state index in [9.17, 15) is 18.0 Å². The third-order valence-corrected chi connectivity index (χ3v) is 2.07. The van der Waals surface area contributed by atoms with Crippen LogP contribution in [0.4, 0.5) is 23.7 Å². The van der Waals surface area contributed by atoms with Crippen LogP contribution in [-0.4, -0.2) is 24.3 Å². The molecule has 4 nitrogen and oxygen atoms in total. The Balaban J connectivity index is 2.60. The number of urea groups is 1. The molecule has 0 bridgehead atoms. The van der Waals surface area contributed by atoms with E-state index in [4.69, 9.17) is 5.11 Å². The van der Waals surface area contributed by atoms with Crippen LogP contribution >= 0.6 is 0 Å². The molecule has 2 amide bonds. The van der Waals surface area contributed by atoms with Gasteiger partial charge in [-0.05, 0) is 24.6 Å². The number of nitrogens with one attached hydrogen (secondary N) is 2. The molecule has 100 valence electrons. The van der Waals surface area contributed by atoms with Crippen molar-refractivity contribution in [3.05, 3.63) is 29.8 Å². The number of hydrogen-bond acceptors (Lipinski definition) is 2. The van der Waals surface area contributed by atoms with Crippen LogP contribution in [0.3, 0.4) is 0 Å². The molecule has 3 N–H and O–H groups in total. The number of carbonyl (C=O) groups excluding carboxylic acids is 1. The summed E-state index contributed by atoms with van der Waals surface area (Å²) in [7, 11) is 0. The molecule has 0 aliphatic heterocycles. The molecular formula is C11H13F3N2O2. The first-order valence-electron chi connectivity index (χ1n) is 5.26. The van der Waals surface area contributed by atoms with Gasteiger partial charge in [-0.25, -0.2) is 4.79 Å². The van der Waals surface area contributed by atoms with Crippen molar-refractivity contribution in [1.29, 1.82) is 0 Å². The van der Waals surface area contributed by atoms with Crippen molar-refractivity contribution in [1.82, 2.24) is 5.32 Å². The molecule has 0 fully saturated rings. The van der Waals surface area contributed by atoms with Crippen LogP contribution in [0.25, 0.3) is 0 Å². The van der Waals surface area contributed by atoms with E-state index in [0.29, 0.717) is 6.42 Å². The van der Waals surface area contributed by atoms with Crippen LogP contribution in [-0.2, 0) is 6.18 Å². The van der Waals surface area contributed by atoms with Crippen LogP contribution in [0, 0.1) is 0 Å². The van der Waals surface area contributed by atoms with E-state index in [1.165, 1.54) is 12.1 Å². The molecule has 0 unspecified atom stereocenters. The first kappa shape index (κ1) is 14.3. The molecule has 1 aromatic rings. The number of halogens is 3. The molecule has 0 aliphatic rings. The average molecular weight is 262 g/mol. The summed E-state index contributed by atoms with van der Waals surface area (Å²) in [6.07, 6.45) is -4.05. The number of anilines is 1. The van der Waals surface area contributed by atoms with Crippen LogP contribution in [0.2, 0.25) is 0 Å². The lowest BCUT2D eigenvalue weighted by Crippen LogP contribution is -2.30. The molecule has 1 rings (SSSR count). The Labute approximate surface area is 102 Å². The molecule has 7 heteroatoms. The van der Waals surface area contributed by atoms with Gasteiger partial charge in [0.1, 0.15) is 0 Å². The average Bonchev–Trinajstić information content (AvgIpc) is 2.28. The number of alkyl halides is 3. The topological polar surface area (TPSA) is 61.4 Å². The lowest BCUT2D eigenvalue weighted by molar-refractivity contribution is -0.137. The van der Waals surface area contributed by atoms with Crippen LogP contribution in [0.1, 0.15) is 12.0 Å². The molecular weight excluding hydrogens is 249 g/mol. The summed E-state index contributed by atoms with van der Waals surface area (Å²) in [4.78, 5) is 11.3. The molecule has 0 saturated heterocycles. The van der Waals surface area contributed by atoms with Crippen LogP contribution < -0.4 is 10.6 Å². The highest BCUT2D eigenvalue weighted by Gasteiger charge is 2.30. The first-order chi connectivity index (χ1) is 8.43. The van der Waals surface area contributed by atoms with Gasteiger partial charge in [-0.3, -0.25) is 0 Å². The van der Waals surface area contributed by atoms with Crippen molar-refractivity contribution >= 4 is 11.7 Å². The second kappa shape index (κ2) is 6.25. The van der Waals surface area contributed by atoms with Gasteiger partial charge in [-0.1, -0.05) is 6.07 Å². The Morgan fingerprint density at radius 2 is 2.06 bits per heavy atom. The number of rotatable bonds is 4. The van der Waals surface area contributed by atoms with Gasteiger partial charge in [-0.15, -0.1) is 0 Å². The van der Waals surface area contributed by atoms with Crippen molar-refractivity contribution < 1.29 is 23.1 Å². The minimum atomic E-state index is -4.44. The number of amides is 2. The Morgan fingerprint density at radius 3 is 2.67 bits per heavy atom. The predicted octanol–water partition coefficient (Wildman–Crippen LogP) is 2.21. The van der Waals surface area contributed by atoms with Gasteiger partial charge >= 0.3 is 12.2 Å². The van der Waals surface area contributed by atoms with Gasteiger partial charge in [0.25, 0.3) is 0 Å². The third-order valence-electron chi connectivity index (χ3n) is 2.07. The van der Waals surface area contributed by atoms with E-state index >= 15 is 0 Å². The number of aliphatic hydroxyl groups is 1. The Morgan fingerprint density at radius 1 is 1.33 bits per heavy atom. The Bertz CT molecular complexity index is 408. The summed E-state index contributed by atoms with van der Waals surface area (Å²) in [5.74, 6) is 0.